The van der Waals surface area contributed by atoms with Crippen molar-refractivity contribution in [3.05, 3.63) is 48.6 Å². The van der Waals surface area contributed by atoms with E-state index < -0.39 is 18.1 Å². The standard InChI is InChI=1S/C43H75NO7/c1-6-8-10-12-14-16-18-20-21-22-24-26-28-30-32-34-42(46)51-39(37-49-36-35-40(43(47)48)44(3,4)5)38-50-41(45)33-31-29-27-25-23-19-17-15-13-11-9-7-2/h9,11,14-18,20,39-40H,6-8,10,12-13,19,21-38H2,1-5H3/p+1/b11-9+,16-14+,17-15+,20-18+. The third-order valence-electron chi connectivity index (χ3n) is 8.74. The van der Waals surface area contributed by atoms with Crippen LogP contribution in [0.1, 0.15) is 155 Å². The number of allylic oxidation sites excluding steroid dienone is 8. The van der Waals surface area contributed by atoms with E-state index in [0.717, 1.165) is 89.9 Å². The molecule has 8 nitrogen and oxygen atoms in total. The second-order valence-electron chi connectivity index (χ2n) is 14.5. The lowest BCUT2D eigenvalue weighted by atomic mass is 10.1. The molecule has 2 unspecified atom stereocenters. The molecule has 0 rings (SSSR count). The van der Waals surface area contributed by atoms with Gasteiger partial charge in [-0.25, -0.2) is 4.79 Å². The summed E-state index contributed by atoms with van der Waals surface area (Å²) in [4.78, 5) is 36.8. The van der Waals surface area contributed by atoms with Gasteiger partial charge in [-0.1, -0.05) is 120 Å². The first-order chi connectivity index (χ1) is 24.6. The highest BCUT2D eigenvalue weighted by Crippen LogP contribution is 2.13. The number of hydrogen-bond acceptors (Lipinski definition) is 6. The van der Waals surface area contributed by atoms with Gasteiger partial charge in [0.25, 0.3) is 0 Å². The molecular weight excluding hydrogens is 642 g/mol. The second kappa shape index (κ2) is 34.4. The van der Waals surface area contributed by atoms with Crippen molar-refractivity contribution in [2.24, 2.45) is 0 Å². The predicted octanol–water partition coefficient (Wildman–Crippen LogP) is 10.5. The maximum Gasteiger partial charge on any atom is 0.362 e. The molecule has 0 radical (unpaired) electrons. The Morgan fingerprint density at radius 1 is 0.627 bits per heavy atom. The largest absolute Gasteiger partial charge is 0.477 e. The van der Waals surface area contributed by atoms with Crippen LogP contribution in [0.3, 0.4) is 0 Å². The van der Waals surface area contributed by atoms with Crippen molar-refractivity contribution in [2.45, 2.75) is 167 Å². The summed E-state index contributed by atoms with van der Waals surface area (Å²) in [7, 11) is 5.51. The van der Waals surface area contributed by atoms with Gasteiger partial charge in [0.2, 0.25) is 0 Å². The van der Waals surface area contributed by atoms with Crippen LogP contribution in [-0.4, -0.2) is 80.6 Å². The lowest BCUT2D eigenvalue weighted by molar-refractivity contribution is -0.887. The fourth-order valence-corrected chi connectivity index (χ4v) is 5.59. The summed E-state index contributed by atoms with van der Waals surface area (Å²) in [5.41, 5.74) is 0. The van der Waals surface area contributed by atoms with Crippen molar-refractivity contribution in [1.29, 1.82) is 0 Å². The molecule has 0 saturated carbocycles. The molecule has 0 bridgehead atoms. The van der Waals surface area contributed by atoms with Crippen LogP contribution < -0.4 is 0 Å². The van der Waals surface area contributed by atoms with E-state index in [1.165, 1.54) is 32.1 Å². The molecule has 294 valence electrons. The number of carboxylic acids is 1. The highest BCUT2D eigenvalue weighted by molar-refractivity contribution is 5.72. The van der Waals surface area contributed by atoms with Crippen molar-refractivity contribution in [1.82, 2.24) is 0 Å². The molecule has 2 atom stereocenters. The fourth-order valence-electron chi connectivity index (χ4n) is 5.59. The van der Waals surface area contributed by atoms with Crippen LogP contribution in [-0.2, 0) is 28.6 Å². The number of rotatable bonds is 35. The van der Waals surface area contributed by atoms with E-state index in [4.69, 9.17) is 14.2 Å². The summed E-state index contributed by atoms with van der Waals surface area (Å²) < 4.78 is 17.2. The number of quaternary nitrogens is 1. The minimum Gasteiger partial charge on any atom is -0.477 e. The Kier molecular flexibility index (Phi) is 32.6. The molecule has 0 fully saturated rings. The normalized spacial score (nSPS) is 13.5. The van der Waals surface area contributed by atoms with E-state index in [2.05, 4.69) is 62.5 Å². The maximum atomic E-state index is 12.7. The van der Waals surface area contributed by atoms with Crippen LogP contribution >= 0.6 is 0 Å². The summed E-state index contributed by atoms with van der Waals surface area (Å²) in [6.45, 7) is 4.55. The summed E-state index contributed by atoms with van der Waals surface area (Å²) in [5.74, 6) is -1.51. The Morgan fingerprint density at radius 3 is 1.73 bits per heavy atom. The van der Waals surface area contributed by atoms with Crippen LogP contribution in [0.5, 0.6) is 0 Å². The number of esters is 2. The van der Waals surface area contributed by atoms with Crippen LogP contribution in [0.25, 0.3) is 0 Å². The zero-order valence-electron chi connectivity index (χ0n) is 33.3. The first kappa shape index (κ1) is 48.3. The lowest BCUT2D eigenvalue weighted by Gasteiger charge is -2.31. The van der Waals surface area contributed by atoms with E-state index in [-0.39, 0.29) is 36.2 Å². The first-order valence-corrected chi connectivity index (χ1v) is 20.2. The van der Waals surface area contributed by atoms with Crippen molar-refractivity contribution in [3.8, 4) is 0 Å². The van der Waals surface area contributed by atoms with Gasteiger partial charge in [0, 0.05) is 19.3 Å². The number of carboxylic acid groups (broad SMARTS) is 1. The molecule has 0 aromatic heterocycles. The molecule has 0 spiro atoms. The van der Waals surface area contributed by atoms with Crippen molar-refractivity contribution < 1.29 is 38.2 Å². The number of carbonyl (C=O) groups is 3. The molecule has 0 aliphatic carbocycles. The quantitative estimate of drug-likeness (QED) is 0.0229. The Hall–Kier alpha value is -2.71. The Bertz CT molecular complexity index is 979. The minimum atomic E-state index is -0.881. The van der Waals surface area contributed by atoms with E-state index in [1.807, 2.05) is 21.1 Å². The summed E-state index contributed by atoms with van der Waals surface area (Å²) in [5, 5.41) is 9.59. The Morgan fingerprint density at radius 2 is 1.16 bits per heavy atom. The van der Waals surface area contributed by atoms with Gasteiger partial charge in [-0.05, 0) is 64.2 Å². The van der Waals surface area contributed by atoms with Crippen molar-refractivity contribution in [3.63, 3.8) is 0 Å². The molecule has 51 heavy (non-hydrogen) atoms. The number of unbranched alkanes of at least 4 members (excludes halogenated alkanes) is 14. The lowest BCUT2D eigenvalue weighted by Crippen LogP contribution is -2.50. The van der Waals surface area contributed by atoms with Gasteiger partial charge in [-0.3, -0.25) is 9.59 Å². The van der Waals surface area contributed by atoms with Crippen LogP contribution in [0, 0.1) is 0 Å². The zero-order valence-corrected chi connectivity index (χ0v) is 33.3. The van der Waals surface area contributed by atoms with Crippen molar-refractivity contribution >= 4 is 17.9 Å². The van der Waals surface area contributed by atoms with E-state index in [9.17, 15) is 19.5 Å². The number of likely N-dealkylation sites (N-methyl/N-ethyl adjacent to an activating group) is 1. The number of carbonyl (C=O) groups excluding carboxylic acids is 2. The van der Waals surface area contributed by atoms with Crippen LogP contribution in [0.2, 0.25) is 0 Å². The molecule has 0 amide bonds. The highest BCUT2D eigenvalue weighted by atomic mass is 16.6. The van der Waals surface area contributed by atoms with Crippen LogP contribution in [0.4, 0.5) is 0 Å². The van der Waals surface area contributed by atoms with Gasteiger partial charge in [0.15, 0.2) is 12.1 Å². The smallest absolute Gasteiger partial charge is 0.362 e. The Labute approximate surface area is 312 Å². The van der Waals surface area contributed by atoms with Gasteiger partial charge in [0.1, 0.15) is 6.61 Å². The molecule has 0 saturated heterocycles. The molecular formula is C43H76NO7+. The van der Waals surface area contributed by atoms with Crippen molar-refractivity contribution in [2.75, 3.05) is 41.0 Å². The Balaban J connectivity index is 4.44. The van der Waals surface area contributed by atoms with Gasteiger partial charge in [-0.2, -0.15) is 0 Å². The summed E-state index contributed by atoms with van der Waals surface area (Å²) in [6.07, 6.45) is 38.6. The van der Waals surface area contributed by atoms with Gasteiger partial charge < -0.3 is 23.8 Å². The topological polar surface area (TPSA) is 99.1 Å². The van der Waals surface area contributed by atoms with E-state index >= 15 is 0 Å². The molecule has 0 aromatic rings. The highest BCUT2D eigenvalue weighted by Gasteiger charge is 2.31. The maximum absolute atomic E-state index is 12.7. The SMILES string of the molecule is CC/C=C/C/C=C/CCCCCCCC(=O)OCC(COCCC(C(=O)O)[N+](C)(C)C)OC(=O)CCCCCCCC/C=C/C=C/CCCCC. The minimum absolute atomic E-state index is 0.0505. The summed E-state index contributed by atoms with van der Waals surface area (Å²) >= 11 is 0. The molecule has 0 aromatic carbocycles. The third-order valence-corrected chi connectivity index (χ3v) is 8.74. The predicted molar refractivity (Wildman–Crippen MR) is 211 cm³/mol. The number of nitrogens with zero attached hydrogens (tertiary/aromatic N) is 1. The molecule has 8 heteroatoms. The monoisotopic (exact) mass is 719 g/mol. The third kappa shape index (κ3) is 32.9. The number of hydrogen-bond donors (Lipinski definition) is 1. The molecule has 0 heterocycles. The first-order valence-electron chi connectivity index (χ1n) is 20.2. The molecule has 1 N–H and O–H groups in total. The number of aliphatic carboxylic acids is 1. The summed E-state index contributed by atoms with van der Waals surface area (Å²) in [6, 6.07) is -0.619. The van der Waals surface area contributed by atoms with Gasteiger partial charge in [-0.15, -0.1) is 0 Å². The number of ether oxygens (including phenoxy) is 3. The fraction of sp³-hybridized carbons (Fsp3) is 0.744. The second-order valence-corrected chi connectivity index (χ2v) is 14.5. The van der Waals surface area contributed by atoms with Gasteiger partial charge in [0.05, 0.1) is 34.4 Å². The molecule has 0 aliphatic heterocycles. The van der Waals surface area contributed by atoms with Gasteiger partial charge >= 0.3 is 17.9 Å². The van der Waals surface area contributed by atoms with E-state index in [1.54, 1.807) is 0 Å². The average molecular weight is 719 g/mol. The van der Waals surface area contributed by atoms with Crippen LogP contribution in [0.15, 0.2) is 48.6 Å². The van der Waals surface area contributed by atoms with E-state index in [0.29, 0.717) is 19.3 Å². The zero-order chi connectivity index (χ0) is 37.8. The average Bonchev–Trinajstić information content (AvgIpc) is 3.08. The molecule has 0 aliphatic rings.